The van der Waals surface area contributed by atoms with Crippen molar-refractivity contribution in [2.45, 2.75) is 6.92 Å². The molecule has 0 aliphatic heterocycles. The lowest BCUT2D eigenvalue weighted by molar-refractivity contribution is 0.0699. The van der Waals surface area contributed by atoms with Crippen molar-refractivity contribution in [3.8, 4) is 0 Å². The number of fused-ring (bicyclic) bond motifs is 1. The third-order valence-corrected chi connectivity index (χ3v) is 2.77. The lowest BCUT2D eigenvalue weighted by Gasteiger charge is -1.99. The van der Waals surface area contributed by atoms with Crippen LogP contribution >= 0.6 is 16.1 Å². The van der Waals surface area contributed by atoms with Gasteiger partial charge in [0.15, 0.2) is 0 Å². The van der Waals surface area contributed by atoms with Gasteiger partial charge in [0.05, 0.1) is 27.2 Å². The van der Waals surface area contributed by atoms with E-state index in [-0.39, 0.29) is 0 Å². The first-order valence-corrected chi connectivity index (χ1v) is 4.82. The molecule has 2 aromatic rings. The second-order valence-electron chi connectivity index (χ2n) is 3.13. The summed E-state index contributed by atoms with van der Waals surface area (Å²) in [5.41, 5.74) is 2.07. The number of para-hydroxylation sites is 1. The number of carboxylic acids is 1. The maximum Gasteiger partial charge on any atom is 0.337 e. The van der Waals surface area contributed by atoms with Crippen LogP contribution in [0.2, 0.25) is 0 Å². The van der Waals surface area contributed by atoms with E-state index in [0.717, 1.165) is 10.9 Å². The van der Waals surface area contributed by atoms with Crippen molar-refractivity contribution < 1.29 is 9.90 Å². The maximum atomic E-state index is 10.9. The van der Waals surface area contributed by atoms with E-state index >= 15 is 0 Å². The van der Waals surface area contributed by atoms with Crippen LogP contribution in [0.15, 0.2) is 24.4 Å². The van der Waals surface area contributed by atoms with E-state index in [1.807, 2.05) is 19.2 Å². The minimum atomic E-state index is -0.908. The van der Waals surface area contributed by atoms with Crippen molar-refractivity contribution >= 4 is 33.0 Å². The number of carboxylic acid groups (broad SMARTS) is 1. The fourth-order valence-electron chi connectivity index (χ4n) is 1.57. The standard InChI is InChI=1S/C10H8BrNO2/c1-6-5-12(11)9-7(6)3-2-4-8(9)10(13)14/h2-5H,1H3,(H,13,14). The van der Waals surface area contributed by atoms with Gasteiger partial charge in [-0.15, -0.1) is 0 Å². The highest BCUT2D eigenvalue weighted by molar-refractivity contribution is 9.08. The SMILES string of the molecule is Cc1cn(Br)c2c(C(=O)O)cccc12. The van der Waals surface area contributed by atoms with E-state index in [4.69, 9.17) is 5.11 Å². The molecule has 0 spiro atoms. The Labute approximate surface area is 89.3 Å². The summed E-state index contributed by atoms with van der Waals surface area (Å²) in [6.07, 6.45) is 1.86. The molecule has 0 saturated heterocycles. The number of halogens is 1. The lowest BCUT2D eigenvalue weighted by atomic mass is 10.1. The van der Waals surface area contributed by atoms with Gasteiger partial charge in [0.1, 0.15) is 0 Å². The van der Waals surface area contributed by atoms with Gasteiger partial charge in [-0.25, -0.2) is 4.79 Å². The number of benzene rings is 1. The van der Waals surface area contributed by atoms with E-state index in [1.54, 1.807) is 15.7 Å². The number of nitrogens with zero attached hydrogens (tertiary/aromatic N) is 1. The van der Waals surface area contributed by atoms with Gasteiger partial charge in [0, 0.05) is 11.6 Å². The van der Waals surface area contributed by atoms with Crippen molar-refractivity contribution in [1.82, 2.24) is 3.59 Å². The zero-order chi connectivity index (χ0) is 10.3. The van der Waals surface area contributed by atoms with Crippen molar-refractivity contribution in [2.75, 3.05) is 0 Å². The molecule has 0 saturated carbocycles. The minimum Gasteiger partial charge on any atom is -0.478 e. The Morgan fingerprint density at radius 2 is 2.21 bits per heavy atom. The van der Waals surface area contributed by atoms with Crippen LogP contribution in [0, 0.1) is 6.92 Å². The number of hydrogen-bond acceptors (Lipinski definition) is 1. The monoisotopic (exact) mass is 253 g/mol. The third-order valence-electron chi connectivity index (χ3n) is 2.21. The smallest absolute Gasteiger partial charge is 0.337 e. The van der Waals surface area contributed by atoms with E-state index < -0.39 is 5.97 Å². The van der Waals surface area contributed by atoms with Crippen molar-refractivity contribution in [3.05, 3.63) is 35.5 Å². The summed E-state index contributed by atoms with van der Waals surface area (Å²) in [5.74, 6) is -0.908. The molecular formula is C10H8BrNO2. The van der Waals surface area contributed by atoms with Gasteiger partial charge in [0.25, 0.3) is 0 Å². The van der Waals surface area contributed by atoms with Crippen LogP contribution in [-0.4, -0.2) is 14.7 Å². The number of hydrogen-bond donors (Lipinski definition) is 1. The molecule has 4 heteroatoms. The van der Waals surface area contributed by atoms with Gasteiger partial charge in [-0.05, 0) is 18.6 Å². The fraction of sp³-hybridized carbons (Fsp3) is 0.100. The second-order valence-corrected chi connectivity index (χ2v) is 3.89. The molecule has 2 rings (SSSR count). The Morgan fingerprint density at radius 1 is 1.50 bits per heavy atom. The van der Waals surface area contributed by atoms with Crippen LogP contribution in [0.25, 0.3) is 10.9 Å². The molecule has 0 atom stereocenters. The van der Waals surface area contributed by atoms with Gasteiger partial charge in [0.2, 0.25) is 0 Å². The van der Waals surface area contributed by atoms with Crippen molar-refractivity contribution in [3.63, 3.8) is 0 Å². The highest BCUT2D eigenvalue weighted by atomic mass is 79.9. The Balaban J connectivity index is 2.92. The second kappa shape index (κ2) is 3.13. The summed E-state index contributed by atoms with van der Waals surface area (Å²) in [5, 5.41) is 9.94. The number of carbonyl (C=O) groups is 1. The molecule has 1 heterocycles. The summed E-state index contributed by atoms with van der Waals surface area (Å²) in [6, 6.07) is 5.27. The molecule has 0 amide bonds. The molecule has 1 N–H and O–H groups in total. The van der Waals surface area contributed by atoms with Gasteiger partial charge < -0.3 is 5.11 Å². The first-order chi connectivity index (χ1) is 6.61. The van der Waals surface area contributed by atoms with Crippen molar-refractivity contribution in [2.24, 2.45) is 0 Å². The molecule has 0 aliphatic rings. The van der Waals surface area contributed by atoms with Crippen LogP contribution in [0.3, 0.4) is 0 Å². The lowest BCUT2D eigenvalue weighted by Crippen LogP contribution is -1.98. The number of aryl methyl sites for hydroxylation is 1. The summed E-state index contributed by atoms with van der Waals surface area (Å²) in [7, 11) is 0. The Morgan fingerprint density at radius 3 is 2.86 bits per heavy atom. The molecular weight excluding hydrogens is 246 g/mol. The Kier molecular flexibility index (Phi) is 2.07. The molecule has 3 nitrogen and oxygen atoms in total. The molecule has 72 valence electrons. The van der Waals surface area contributed by atoms with Crippen LogP contribution in [-0.2, 0) is 0 Å². The molecule has 0 unspecified atom stereocenters. The quantitative estimate of drug-likeness (QED) is 0.850. The van der Waals surface area contributed by atoms with Gasteiger partial charge in [-0.2, -0.15) is 0 Å². The summed E-state index contributed by atoms with van der Waals surface area (Å²) >= 11 is 3.29. The average molecular weight is 254 g/mol. The molecule has 0 fully saturated rings. The molecule has 14 heavy (non-hydrogen) atoms. The number of aromatic nitrogens is 1. The van der Waals surface area contributed by atoms with Gasteiger partial charge in [-0.3, -0.25) is 3.59 Å². The Hall–Kier alpha value is -1.29. The van der Waals surface area contributed by atoms with E-state index in [1.165, 1.54) is 0 Å². The highest BCUT2D eigenvalue weighted by Gasteiger charge is 2.12. The first-order valence-electron chi connectivity index (χ1n) is 4.11. The van der Waals surface area contributed by atoms with Gasteiger partial charge >= 0.3 is 5.97 Å². The summed E-state index contributed by atoms with van der Waals surface area (Å²) in [4.78, 5) is 10.9. The topological polar surface area (TPSA) is 42.2 Å². The van der Waals surface area contributed by atoms with Crippen molar-refractivity contribution in [1.29, 1.82) is 0 Å². The van der Waals surface area contributed by atoms with Crippen LogP contribution < -0.4 is 0 Å². The summed E-state index contributed by atoms with van der Waals surface area (Å²) < 4.78 is 1.67. The number of rotatable bonds is 1. The Bertz CT molecular complexity index is 516. The molecule has 0 bridgehead atoms. The highest BCUT2D eigenvalue weighted by Crippen LogP contribution is 2.25. The van der Waals surface area contributed by atoms with E-state index in [2.05, 4.69) is 16.1 Å². The zero-order valence-electron chi connectivity index (χ0n) is 7.49. The fourth-order valence-corrected chi connectivity index (χ4v) is 2.26. The normalized spacial score (nSPS) is 10.7. The molecule has 1 aromatic carbocycles. The predicted molar refractivity (Wildman–Crippen MR) is 58.0 cm³/mol. The minimum absolute atomic E-state index is 0.312. The first kappa shape index (κ1) is 9.27. The van der Waals surface area contributed by atoms with E-state index in [9.17, 15) is 4.79 Å². The van der Waals surface area contributed by atoms with Crippen LogP contribution in [0.5, 0.6) is 0 Å². The van der Waals surface area contributed by atoms with Crippen LogP contribution in [0.4, 0.5) is 0 Å². The zero-order valence-corrected chi connectivity index (χ0v) is 9.08. The average Bonchev–Trinajstić information content (AvgIpc) is 2.43. The third kappa shape index (κ3) is 1.23. The molecule has 0 radical (unpaired) electrons. The molecule has 0 aliphatic carbocycles. The maximum absolute atomic E-state index is 10.9. The van der Waals surface area contributed by atoms with Gasteiger partial charge in [-0.1, -0.05) is 12.1 Å². The van der Waals surface area contributed by atoms with Crippen LogP contribution in [0.1, 0.15) is 15.9 Å². The van der Waals surface area contributed by atoms with E-state index in [0.29, 0.717) is 11.1 Å². The molecule has 1 aromatic heterocycles. The number of aromatic carboxylic acids is 1. The summed E-state index contributed by atoms with van der Waals surface area (Å²) in [6.45, 7) is 1.95. The largest absolute Gasteiger partial charge is 0.478 e. The predicted octanol–water partition coefficient (Wildman–Crippen LogP) is 2.81.